The van der Waals surface area contributed by atoms with Crippen molar-refractivity contribution in [2.75, 3.05) is 6.54 Å². The molecule has 3 N–H and O–H groups in total. The number of carbonyl (C=O) groups excluding carboxylic acids is 1. The zero-order chi connectivity index (χ0) is 19.5. The summed E-state index contributed by atoms with van der Waals surface area (Å²) in [6, 6.07) is 7.94. The molecular weight excluding hydrogens is 424 g/mol. The summed E-state index contributed by atoms with van der Waals surface area (Å²) in [6.07, 6.45) is 4.38. The smallest absolute Gasteiger partial charge is 0.345 e. The first kappa shape index (κ1) is 19.4. The second kappa shape index (κ2) is 8.59. The molecule has 1 aromatic carbocycles. The number of aryl methyl sites for hydroxylation is 2. The number of hydrazine groups is 1. The normalized spacial score (nSPS) is 21.5. The van der Waals surface area contributed by atoms with E-state index in [4.69, 9.17) is 0 Å². The highest BCUT2D eigenvalue weighted by molar-refractivity contribution is 9.10. The Morgan fingerprint density at radius 3 is 2.86 bits per heavy atom. The molecule has 2 aromatic rings. The van der Waals surface area contributed by atoms with Crippen molar-refractivity contribution in [3.8, 4) is 0 Å². The van der Waals surface area contributed by atoms with Crippen LogP contribution in [0.15, 0.2) is 33.5 Å². The first-order valence-corrected chi connectivity index (χ1v) is 10.6. The van der Waals surface area contributed by atoms with Crippen LogP contribution in [-0.2, 0) is 24.3 Å². The summed E-state index contributed by atoms with van der Waals surface area (Å²) >= 11 is 3.43. The van der Waals surface area contributed by atoms with E-state index in [0.717, 1.165) is 41.7 Å². The summed E-state index contributed by atoms with van der Waals surface area (Å²) in [5.74, 6) is 0.865. The van der Waals surface area contributed by atoms with Gasteiger partial charge in [-0.05, 0) is 43.4 Å². The Hall–Kier alpha value is -1.97. The summed E-state index contributed by atoms with van der Waals surface area (Å²) in [5.41, 5.74) is 7.39. The van der Waals surface area contributed by atoms with Crippen molar-refractivity contribution in [2.45, 2.75) is 57.3 Å². The molecule has 1 aromatic heterocycles. The monoisotopic (exact) mass is 448 g/mol. The molecule has 4 rings (SSSR count). The van der Waals surface area contributed by atoms with Crippen LogP contribution in [-0.4, -0.2) is 32.8 Å². The number of halogens is 1. The van der Waals surface area contributed by atoms with Crippen molar-refractivity contribution in [3.63, 3.8) is 0 Å². The van der Waals surface area contributed by atoms with Crippen molar-refractivity contribution < 1.29 is 4.79 Å². The van der Waals surface area contributed by atoms with Crippen LogP contribution in [0.3, 0.4) is 0 Å². The lowest BCUT2D eigenvalue weighted by atomic mass is 10.0. The lowest BCUT2D eigenvalue weighted by molar-refractivity contribution is -0.122. The average Bonchev–Trinajstić information content (AvgIpc) is 3.32. The fourth-order valence-corrected chi connectivity index (χ4v) is 4.06. The van der Waals surface area contributed by atoms with Crippen LogP contribution in [0.1, 0.15) is 43.1 Å². The molecule has 2 unspecified atom stereocenters. The standard InChI is InChI=1S/C19H25BrN6O2/c20-14-7-5-13(6-8-14)15-12-16(23-22-15)18(27)21-9-3-11-26-19(28)25-10-2-1-4-17(25)24-26/h5-8,15-16,22-23H,1-4,9-12H2,(H,21,27). The maximum absolute atomic E-state index is 12.4. The maximum Gasteiger partial charge on any atom is 0.345 e. The number of amides is 1. The predicted octanol–water partition coefficient (Wildman–Crippen LogP) is 1.26. The molecule has 0 aliphatic carbocycles. The van der Waals surface area contributed by atoms with Gasteiger partial charge in [0.25, 0.3) is 0 Å². The molecule has 9 heteroatoms. The number of fused-ring (bicyclic) bond motifs is 1. The third-order valence-corrected chi connectivity index (χ3v) is 5.90. The van der Waals surface area contributed by atoms with Crippen molar-refractivity contribution in [1.29, 1.82) is 0 Å². The number of carbonyl (C=O) groups is 1. The third kappa shape index (κ3) is 4.21. The summed E-state index contributed by atoms with van der Waals surface area (Å²) in [5, 5.41) is 7.38. The fraction of sp³-hybridized carbons (Fsp3) is 0.526. The van der Waals surface area contributed by atoms with Crippen molar-refractivity contribution >= 4 is 21.8 Å². The Morgan fingerprint density at radius 2 is 2.07 bits per heavy atom. The SMILES string of the molecule is O=C(NCCCn1nc2n(c1=O)CCCC2)C1CC(c2ccc(Br)cc2)NN1. The first-order valence-electron chi connectivity index (χ1n) is 9.82. The van der Waals surface area contributed by atoms with E-state index in [9.17, 15) is 9.59 Å². The van der Waals surface area contributed by atoms with Crippen LogP contribution in [0.4, 0.5) is 0 Å². The highest BCUT2D eigenvalue weighted by Gasteiger charge is 2.29. The number of nitrogens with one attached hydrogen (secondary N) is 3. The van der Waals surface area contributed by atoms with E-state index < -0.39 is 0 Å². The molecular formula is C19H25BrN6O2. The van der Waals surface area contributed by atoms with Gasteiger partial charge in [-0.2, -0.15) is 5.10 Å². The van der Waals surface area contributed by atoms with E-state index in [0.29, 0.717) is 25.9 Å². The maximum atomic E-state index is 12.4. The van der Waals surface area contributed by atoms with Gasteiger partial charge in [0.1, 0.15) is 11.9 Å². The van der Waals surface area contributed by atoms with Gasteiger partial charge in [0.05, 0.1) is 0 Å². The largest absolute Gasteiger partial charge is 0.355 e. The molecule has 1 fully saturated rings. The van der Waals surface area contributed by atoms with E-state index in [1.807, 2.05) is 24.3 Å². The van der Waals surface area contributed by atoms with Crippen LogP contribution >= 0.6 is 15.9 Å². The second-order valence-electron chi connectivity index (χ2n) is 7.36. The van der Waals surface area contributed by atoms with Crippen molar-refractivity contribution in [1.82, 2.24) is 30.5 Å². The Labute approximate surface area is 171 Å². The lowest BCUT2D eigenvalue weighted by Crippen LogP contribution is -2.43. The molecule has 0 bridgehead atoms. The van der Waals surface area contributed by atoms with Crippen LogP contribution < -0.4 is 21.9 Å². The van der Waals surface area contributed by atoms with Crippen molar-refractivity contribution in [3.05, 3.63) is 50.6 Å². The average molecular weight is 449 g/mol. The van der Waals surface area contributed by atoms with E-state index >= 15 is 0 Å². The molecule has 2 aliphatic heterocycles. The van der Waals surface area contributed by atoms with Crippen LogP contribution in [0.25, 0.3) is 0 Å². The zero-order valence-corrected chi connectivity index (χ0v) is 17.2. The summed E-state index contributed by atoms with van der Waals surface area (Å²) in [7, 11) is 0. The molecule has 150 valence electrons. The first-order chi connectivity index (χ1) is 13.6. The van der Waals surface area contributed by atoms with Gasteiger partial charge < -0.3 is 5.32 Å². The number of aromatic nitrogens is 3. The molecule has 1 amide bonds. The van der Waals surface area contributed by atoms with Gasteiger partial charge in [-0.25, -0.2) is 20.3 Å². The molecule has 28 heavy (non-hydrogen) atoms. The minimum atomic E-state index is -0.267. The molecule has 1 saturated heterocycles. The van der Waals surface area contributed by atoms with Crippen LogP contribution in [0.2, 0.25) is 0 Å². The molecule has 3 heterocycles. The van der Waals surface area contributed by atoms with Gasteiger partial charge in [0.2, 0.25) is 5.91 Å². The second-order valence-corrected chi connectivity index (χ2v) is 8.27. The minimum Gasteiger partial charge on any atom is -0.355 e. The van der Waals surface area contributed by atoms with Gasteiger partial charge in [-0.3, -0.25) is 9.36 Å². The Kier molecular flexibility index (Phi) is 5.93. The fourth-order valence-electron chi connectivity index (χ4n) is 3.80. The Bertz CT molecular complexity index is 891. The van der Waals surface area contributed by atoms with Crippen LogP contribution in [0, 0.1) is 0 Å². The van der Waals surface area contributed by atoms with Crippen molar-refractivity contribution in [2.24, 2.45) is 0 Å². The minimum absolute atomic E-state index is 0.0245. The number of rotatable bonds is 6. The van der Waals surface area contributed by atoms with E-state index in [-0.39, 0.29) is 23.7 Å². The number of nitrogens with zero attached hydrogens (tertiary/aromatic N) is 3. The van der Waals surface area contributed by atoms with E-state index in [1.165, 1.54) is 4.68 Å². The zero-order valence-electron chi connectivity index (χ0n) is 15.7. The summed E-state index contributed by atoms with van der Waals surface area (Å²) < 4.78 is 4.35. The summed E-state index contributed by atoms with van der Waals surface area (Å²) in [6.45, 7) is 1.82. The third-order valence-electron chi connectivity index (χ3n) is 5.37. The van der Waals surface area contributed by atoms with Gasteiger partial charge in [-0.15, -0.1) is 0 Å². The molecule has 8 nitrogen and oxygen atoms in total. The van der Waals surface area contributed by atoms with Crippen LogP contribution in [0.5, 0.6) is 0 Å². The van der Waals surface area contributed by atoms with Gasteiger partial charge >= 0.3 is 5.69 Å². The molecule has 0 radical (unpaired) electrons. The molecule has 2 atom stereocenters. The highest BCUT2D eigenvalue weighted by atomic mass is 79.9. The highest BCUT2D eigenvalue weighted by Crippen LogP contribution is 2.23. The van der Waals surface area contributed by atoms with E-state index in [2.05, 4.69) is 37.2 Å². The van der Waals surface area contributed by atoms with Gasteiger partial charge in [-0.1, -0.05) is 28.1 Å². The van der Waals surface area contributed by atoms with Gasteiger partial charge in [0, 0.05) is 36.6 Å². The number of hydrogen-bond donors (Lipinski definition) is 3. The number of benzene rings is 1. The quantitative estimate of drug-likeness (QED) is 0.578. The predicted molar refractivity (Wildman–Crippen MR) is 109 cm³/mol. The Balaban J connectivity index is 1.23. The molecule has 0 saturated carbocycles. The van der Waals surface area contributed by atoms with E-state index in [1.54, 1.807) is 4.57 Å². The topological polar surface area (TPSA) is 93.0 Å². The van der Waals surface area contributed by atoms with Gasteiger partial charge in [0.15, 0.2) is 0 Å². The lowest BCUT2D eigenvalue weighted by Gasteiger charge is -2.11. The molecule has 0 spiro atoms. The number of hydrogen-bond acceptors (Lipinski definition) is 5. The molecule has 2 aliphatic rings. The summed E-state index contributed by atoms with van der Waals surface area (Å²) in [4.78, 5) is 24.7. The Morgan fingerprint density at radius 1 is 1.25 bits per heavy atom.